The van der Waals surface area contributed by atoms with Gasteiger partial charge in [0.05, 0.1) is 12.1 Å². The third-order valence-electron chi connectivity index (χ3n) is 4.79. The average Bonchev–Trinajstić information content (AvgIpc) is 3.08. The summed E-state index contributed by atoms with van der Waals surface area (Å²) in [5.41, 5.74) is 6.01. The lowest BCUT2D eigenvalue weighted by atomic mass is 9.83. The molecule has 0 aromatic carbocycles. The summed E-state index contributed by atoms with van der Waals surface area (Å²) in [5, 5.41) is 16.2. The summed E-state index contributed by atoms with van der Waals surface area (Å²) >= 11 is 1.42. The predicted octanol–water partition coefficient (Wildman–Crippen LogP) is 3.01. The number of hydrogen-bond acceptors (Lipinski definition) is 5. The molecule has 0 bridgehead atoms. The molecular formula is C18H31N3O2S. The number of nitrogens with two attached hydrogens (primary N) is 1. The molecule has 0 spiro atoms. The quantitative estimate of drug-likeness (QED) is 0.670. The number of nitrogens with zero attached hydrogens (tertiary/aromatic N) is 1. The van der Waals surface area contributed by atoms with Crippen molar-refractivity contribution in [2.24, 2.45) is 17.6 Å². The molecule has 24 heavy (non-hydrogen) atoms. The smallest absolute Gasteiger partial charge is 0.237 e. The Bertz CT molecular complexity index is 486. The maximum absolute atomic E-state index is 12.4. The largest absolute Gasteiger partial charge is 0.384 e. The van der Waals surface area contributed by atoms with E-state index in [-0.39, 0.29) is 11.9 Å². The van der Waals surface area contributed by atoms with Gasteiger partial charge in [0.1, 0.15) is 11.1 Å². The number of carbonyl (C=O) groups excluding carboxylic acids is 1. The van der Waals surface area contributed by atoms with Gasteiger partial charge in [-0.25, -0.2) is 4.98 Å². The normalized spacial score (nSPS) is 19.9. The van der Waals surface area contributed by atoms with E-state index in [1.807, 2.05) is 5.38 Å². The highest BCUT2D eigenvalue weighted by molar-refractivity contribution is 7.09. The maximum atomic E-state index is 12.4. The Morgan fingerprint density at radius 2 is 2.12 bits per heavy atom. The van der Waals surface area contributed by atoms with E-state index in [0.717, 1.165) is 6.42 Å². The van der Waals surface area contributed by atoms with Crippen molar-refractivity contribution in [2.75, 3.05) is 0 Å². The second-order valence-corrected chi connectivity index (χ2v) is 8.33. The molecule has 1 fully saturated rings. The maximum Gasteiger partial charge on any atom is 0.237 e. The Balaban J connectivity index is 2.02. The number of thiazole rings is 1. The molecule has 1 aliphatic carbocycles. The fourth-order valence-electron chi connectivity index (χ4n) is 3.51. The fourth-order valence-corrected chi connectivity index (χ4v) is 4.19. The van der Waals surface area contributed by atoms with Crippen LogP contribution in [0.1, 0.15) is 69.9 Å². The first-order valence-electron chi connectivity index (χ1n) is 9.10. The van der Waals surface area contributed by atoms with Gasteiger partial charge >= 0.3 is 0 Å². The fraction of sp³-hybridized carbons (Fsp3) is 0.778. The molecule has 4 N–H and O–H groups in total. The van der Waals surface area contributed by atoms with Crippen LogP contribution in [0, 0.1) is 11.8 Å². The van der Waals surface area contributed by atoms with Crippen molar-refractivity contribution in [2.45, 2.75) is 77.0 Å². The van der Waals surface area contributed by atoms with E-state index in [1.165, 1.54) is 43.4 Å². The zero-order chi connectivity index (χ0) is 17.5. The molecule has 2 rings (SSSR count). The van der Waals surface area contributed by atoms with Crippen LogP contribution in [-0.4, -0.2) is 28.1 Å². The minimum atomic E-state index is -0.762. The number of amides is 1. The van der Waals surface area contributed by atoms with Crippen molar-refractivity contribution in [1.82, 2.24) is 10.3 Å². The van der Waals surface area contributed by atoms with Gasteiger partial charge < -0.3 is 16.2 Å². The SMILES string of the molecule is CC(C)C[C@H](N)C(=O)N[C@H](CC1CCCCC1)[C@H](O)c1nccs1. The minimum absolute atomic E-state index is 0.167. The van der Waals surface area contributed by atoms with Crippen LogP contribution >= 0.6 is 11.3 Å². The van der Waals surface area contributed by atoms with Crippen LogP contribution in [0.3, 0.4) is 0 Å². The Morgan fingerprint density at radius 1 is 1.42 bits per heavy atom. The summed E-state index contributed by atoms with van der Waals surface area (Å²) in [5.74, 6) is 0.756. The highest BCUT2D eigenvalue weighted by Crippen LogP contribution is 2.31. The van der Waals surface area contributed by atoms with Crippen molar-refractivity contribution in [3.8, 4) is 0 Å². The first-order chi connectivity index (χ1) is 11.5. The van der Waals surface area contributed by atoms with Gasteiger partial charge in [0.15, 0.2) is 0 Å². The third kappa shape index (κ3) is 5.83. The summed E-state index contributed by atoms with van der Waals surface area (Å²) in [6.45, 7) is 4.11. The number of aliphatic hydroxyl groups excluding tert-OH is 1. The molecule has 1 saturated carbocycles. The van der Waals surface area contributed by atoms with Gasteiger partial charge in [0.25, 0.3) is 0 Å². The van der Waals surface area contributed by atoms with Gasteiger partial charge in [-0.1, -0.05) is 46.0 Å². The summed E-state index contributed by atoms with van der Waals surface area (Å²) in [4.78, 5) is 16.7. The van der Waals surface area contributed by atoms with E-state index in [4.69, 9.17) is 5.73 Å². The van der Waals surface area contributed by atoms with Crippen LogP contribution in [0.4, 0.5) is 0 Å². The predicted molar refractivity (Wildman–Crippen MR) is 97.6 cm³/mol. The number of aliphatic hydroxyl groups is 1. The van der Waals surface area contributed by atoms with Gasteiger partial charge in [-0.3, -0.25) is 4.79 Å². The molecular weight excluding hydrogens is 322 g/mol. The van der Waals surface area contributed by atoms with Gasteiger partial charge in [0.2, 0.25) is 5.91 Å². The molecule has 136 valence electrons. The molecule has 1 aromatic heterocycles. The van der Waals surface area contributed by atoms with Gasteiger partial charge in [-0.15, -0.1) is 11.3 Å². The molecule has 1 heterocycles. The summed E-state index contributed by atoms with van der Waals surface area (Å²) < 4.78 is 0. The topological polar surface area (TPSA) is 88.2 Å². The monoisotopic (exact) mass is 353 g/mol. The molecule has 0 saturated heterocycles. The zero-order valence-corrected chi connectivity index (χ0v) is 15.6. The lowest BCUT2D eigenvalue weighted by Gasteiger charge is -2.30. The standard InChI is InChI=1S/C18H31N3O2S/c1-12(2)10-14(19)17(23)21-15(11-13-6-4-3-5-7-13)16(22)18-20-8-9-24-18/h8-9,12-16,22H,3-7,10-11,19H2,1-2H3,(H,21,23)/t14-,15+,16-/m0/s1. The van der Waals surface area contributed by atoms with E-state index in [9.17, 15) is 9.90 Å². The molecule has 0 aliphatic heterocycles. The van der Waals surface area contributed by atoms with Crippen LogP contribution in [0.5, 0.6) is 0 Å². The number of nitrogens with one attached hydrogen (secondary N) is 1. The molecule has 0 unspecified atom stereocenters. The molecule has 1 aromatic rings. The second-order valence-electron chi connectivity index (χ2n) is 7.41. The summed E-state index contributed by atoms with van der Waals surface area (Å²) in [6, 6.07) is -0.840. The van der Waals surface area contributed by atoms with Crippen molar-refractivity contribution < 1.29 is 9.90 Å². The Kier molecular flexibility index (Phi) is 7.65. The Morgan fingerprint density at radius 3 is 2.71 bits per heavy atom. The lowest BCUT2D eigenvalue weighted by Crippen LogP contribution is -2.48. The third-order valence-corrected chi connectivity index (χ3v) is 5.63. The van der Waals surface area contributed by atoms with Crippen LogP contribution in [0.15, 0.2) is 11.6 Å². The van der Waals surface area contributed by atoms with Crippen LogP contribution in [-0.2, 0) is 4.79 Å². The van der Waals surface area contributed by atoms with E-state index in [0.29, 0.717) is 23.3 Å². The van der Waals surface area contributed by atoms with Gasteiger partial charge in [0, 0.05) is 11.6 Å². The molecule has 1 aliphatic rings. The molecule has 0 radical (unpaired) electrons. The van der Waals surface area contributed by atoms with Crippen LogP contribution in [0.25, 0.3) is 0 Å². The van der Waals surface area contributed by atoms with Crippen LogP contribution < -0.4 is 11.1 Å². The number of hydrogen-bond donors (Lipinski definition) is 3. The van der Waals surface area contributed by atoms with E-state index in [1.54, 1.807) is 6.20 Å². The zero-order valence-electron chi connectivity index (χ0n) is 14.8. The van der Waals surface area contributed by atoms with Gasteiger partial charge in [-0.05, 0) is 24.7 Å². The van der Waals surface area contributed by atoms with E-state index in [2.05, 4.69) is 24.1 Å². The first-order valence-corrected chi connectivity index (χ1v) is 9.98. The Labute approximate surface area is 149 Å². The lowest BCUT2D eigenvalue weighted by molar-refractivity contribution is -0.124. The second kappa shape index (κ2) is 9.49. The number of rotatable bonds is 8. The molecule has 6 heteroatoms. The first kappa shape index (κ1) is 19.3. The van der Waals surface area contributed by atoms with E-state index >= 15 is 0 Å². The van der Waals surface area contributed by atoms with Crippen molar-refractivity contribution in [3.05, 3.63) is 16.6 Å². The Hall–Kier alpha value is -0.980. The highest BCUT2D eigenvalue weighted by Gasteiger charge is 2.29. The number of carbonyl (C=O) groups is 1. The molecule has 5 nitrogen and oxygen atoms in total. The van der Waals surface area contributed by atoms with E-state index < -0.39 is 12.1 Å². The van der Waals surface area contributed by atoms with Crippen molar-refractivity contribution in [3.63, 3.8) is 0 Å². The summed E-state index contributed by atoms with van der Waals surface area (Å²) in [7, 11) is 0. The van der Waals surface area contributed by atoms with Crippen LogP contribution in [0.2, 0.25) is 0 Å². The summed E-state index contributed by atoms with van der Waals surface area (Å²) in [6.07, 6.45) is 8.49. The average molecular weight is 354 g/mol. The van der Waals surface area contributed by atoms with Crippen molar-refractivity contribution in [1.29, 1.82) is 0 Å². The molecule has 1 amide bonds. The minimum Gasteiger partial charge on any atom is -0.384 e. The van der Waals surface area contributed by atoms with Gasteiger partial charge in [-0.2, -0.15) is 0 Å². The highest BCUT2D eigenvalue weighted by atomic mass is 32.1. The number of aromatic nitrogens is 1. The van der Waals surface area contributed by atoms with Crippen molar-refractivity contribution >= 4 is 17.2 Å². The molecule has 3 atom stereocenters.